The van der Waals surface area contributed by atoms with E-state index in [1.807, 2.05) is 12.1 Å². The van der Waals surface area contributed by atoms with Crippen LogP contribution in [0.25, 0.3) is 0 Å². The average Bonchev–Trinajstić information content (AvgIpc) is 2.34. The molecule has 1 aliphatic rings. The Balaban J connectivity index is 2.07. The molecule has 5 nitrogen and oxygen atoms in total. The standard InChI is InChI=1S/C12H21N5/c1-9-4-3-5-10(2)17(9)16-11-6-7-14-12(8-11)15-13/h6-10H,3-5,13H2,1-2H3,(H2,14,15,16). The summed E-state index contributed by atoms with van der Waals surface area (Å²) in [6.07, 6.45) is 5.54. The summed E-state index contributed by atoms with van der Waals surface area (Å²) in [5, 5.41) is 2.32. The van der Waals surface area contributed by atoms with Gasteiger partial charge in [0.2, 0.25) is 0 Å². The van der Waals surface area contributed by atoms with Crippen LogP contribution in [0.15, 0.2) is 18.3 Å². The molecule has 2 rings (SSSR count). The molecule has 0 spiro atoms. The predicted molar refractivity (Wildman–Crippen MR) is 70.3 cm³/mol. The molecule has 0 saturated carbocycles. The molecule has 1 aromatic heterocycles. The second-order valence-electron chi connectivity index (χ2n) is 4.72. The molecular weight excluding hydrogens is 214 g/mol. The van der Waals surface area contributed by atoms with Gasteiger partial charge in [0.05, 0.1) is 5.69 Å². The van der Waals surface area contributed by atoms with Gasteiger partial charge in [-0.25, -0.2) is 15.8 Å². The van der Waals surface area contributed by atoms with Gasteiger partial charge in [-0.3, -0.25) is 0 Å². The van der Waals surface area contributed by atoms with Crippen LogP contribution in [0, 0.1) is 0 Å². The third-order valence-corrected chi connectivity index (χ3v) is 3.36. The lowest BCUT2D eigenvalue weighted by atomic mass is 10.00. The maximum atomic E-state index is 5.35. The highest BCUT2D eigenvalue weighted by molar-refractivity contribution is 5.50. The third-order valence-electron chi connectivity index (χ3n) is 3.36. The van der Waals surface area contributed by atoms with Gasteiger partial charge >= 0.3 is 0 Å². The van der Waals surface area contributed by atoms with Crippen molar-refractivity contribution in [2.24, 2.45) is 5.84 Å². The van der Waals surface area contributed by atoms with Crippen LogP contribution in [-0.2, 0) is 0 Å². The summed E-state index contributed by atoms with van der Waals surface area (Å²) in [4.78, 5) is 4.09. The summed E-state index contributed by atoms with van der Waals surface area (Å²) in [5.74, 6) is 6.03. The van der Waals surface area contributed by atoms with Crippen molar-refractivity contribution in [3.63, 3.8) is 0 Å². The summed E-state index contributed by atoms with van der Waals surface area (Å²) in [5.41, 5.74) is 7.03. The molecule has 4 N–H and O–H groups in total. The van der Waals surface area contributed by atoms with Crippen LogP contribution in [0.4, 0.5) is 11.5 Å². The Kier molecular flexibility index (Phi) is 3.81. The van der Waals surface area contributed by atoms with Gasteiger partial charge < -0.3 is 10.9 Å². The van der Waals surface area contributed by atoms with Crippen molar-refractivity contribution in [1.29, 1.82) is 0 Å². The van der Waals surface area contributed by atoms with Crippen LogP contribution in [0.2, 0.25) is 0 Å². The zero-order chi connectivity index (χ0) is 12.3. The number of rotatable bonds is 3. The van der Waals surface area contributed by atoms with Crippen LogP contribution in [0.3, 0.4) is 0 Å². The smallest absolute Gasteiger partial charge is 0.141 e. The molecule has 0 bridgehead atoms. The summed E-state index contributed by atoms with van der Waals surface area (Å²) in [6, 6.07) is 4.98. The fourth-order valence-electron chi connectivity index (χ4n) is 2.37. The highest BCUT2D eigenvalue weighted by Gasteiger charge is 2.24. The largest absolute Gasteiger partial charge is 0.318 e. The first-order valence-electron chi connectivity index (χ1n) is 6.18. The number of pyridine rings is 1. The maximum Gasteiger partial charge on any atom is 0.141 e. The highest BCUT2D eigenvalue weighted by Crippen LogP contribution is 2.23. The molecular formula is C12H21N5. The minimum atomic E-state index is 0.557. The summed E-state index contributed by atoms with van der Waals surface area (Å²) in [6.45, 7) is 4.51. The van der Waals surface area contributed by atoms with Crippen molar-refractivity contribution in [3.8, 4) is 0 Å². The number of hydrogen-bond donors (Lipinski definition) is 3. The molecule has 0 aliphatic carbocycles. The topological polar surface area (TPSA) is 66.2 Å². The SMILES string of the molecule is CC1CCCC(C)N1Nc1ccnc(NN)c1. The Bertz CT molecular complexity index is 358. The van der Waals surface area contributed by atoms with E-state index in [4.69, 9.17) is 5.84 Å². The number of hydrazine groups is 2. The molecule has 2 heterocycles. The number of hydrogen-bond acceptors (Lipinski definition) is 5. The van der Waals surface area contributed by atoms with Crippen molar-refractivity contribution in [2.75, 3.05) is 10.9 Å². The lowest BCUT2D eigenvalue weighted by Gasteiger charge is -2.39. The average molecular weight is 235 g/mol. The third kappa shape index (κ3) is 2.87. The Morgan fingerprint density at radius 2 is 2.06 bits per heavy atom. The van der Waals surface area contributed by atoms with E-state index in [2.05, 4.69) is 34.7 Å². The number of aromatic nitrogens is 1. The molecule has 5 heteroatoms. The van der Waals surface area contributed by atoms with Gasteiger partial charge in [-0.2, -0.15) is 0 Å². The number of piperidine rings is 1. The summed E-state index contributed by atoms with van der Waals surface area (Å²) < 4.78 is 0. The van der Waals surface area contributed by atoms with E-state index in [-0.39, 0.29) is 0 Å². The van der Waals surface area contributed by atoms with E-state index < -0.39 is 0 Å². The fourth-order valence-corrected chi connectivity index (χ4v) is 2.37. The normalized spacial score (nSPS) is 25.6. The van der Waals surface area contributed by atoms with E-state index in [1.165, 1.54) is 19.3 Å². The second kappa shape index (κ2) is 5.33. The van der Waals surface area contributed by atoms with Gasteiger partial charge in [0.15, 0.2) is 0 Å². The van der Waals surface area contributed by atoms with E-state index in [9.17, 15) is 0 Å². The quantitative estimate of drug-likeness (QED) is 0.552. The van der Waals surface area contributed by atoms with Crippen molar-refractivity contribution >= 4 is 11.5 Å². The monoisotopic (exact) mass is 235 g/mol. The number of nitrogens with one attached hydrogen (secondary N) is 2. The molecule has 0 amide bonds. The number of nitrogens with zero attached hydrogens (tertiary/aromatic N) is 2. The molecule has 1 aromatic rings. The maximum absolute atomic E-state index is 5.35. The lowest BCUT2D eigenvalue weighted by Crippen LogP contribution is -2.47. The van der Waals surface area contributed by atoms with Crippen LogP contribution >= 0.6 is 0 Å². The van der Waals surface area contributed by atoms with Crippen molar-refractivity contribution in [1.82, 2.24) is 9.99 Å². The van der Waals surface area contributed by atoms with E-state index >= 15 is 0 Å². The van der Waals surface area contributed by atoms with Crippen LogP contribution in [-0.4, -0.2) is 22.1 Å². The Labute approximate surface area is 102 Å². The number of nitrogens with two attached hydrogens (primary N) is 1. The first-order valence-corrected chi connectivity index (χ1v) is 6.18. The Morgan fingerprint density at radius 1 is 1.35 bits per heavy atom. The van der Waals surface area contributed by atoms with Crippen molar-refractivity contribution in [3.05, 3.63) is 18.3 Å². The molecule has 0 aromatic carbocycles. The van der Waals surface area contributed by atoms with Gasteiger partial charge in [-0.15, -0.1) is 0 Å². The van der Waals surface area contributed by atoms with Crippen LogP contribution < -0.4 is 16.7 Å². The van der Waals surface area contributed by atoms with Crippen molar-refractivity contribution in [2.45, 2.75) is 45.2 Å². The van der Waals surface area contributed by atoms with E-state index in [0.29, 0.717) is 17.9 Å². The Morgan fingerprint density at radius 3 is 2.71 bits per heavy atom. The van der Waals surface area contributed by atoms with Gasteiger partial charge in [-0.05, 0) is 32.8 Å². The minimum Gasteiger partial charge on any atom is -0.318 e. The summed E-state index contributed by atoms with van der Waals surface area (Å²) in [7, 11) is 0. The van der Waals surface area contributed by atoms with Gasteiger partial charge in [-0.1, -0.05) is 6.42 Å². The fraction of sp³-hybridized carbons (Fsp3) is 0.583. The molecule has 1 aliphatic heterocycles. The summed E-state index contributed by atoms with van der Waals surface area (Å²) >= 11 is 0. The van der Waals surface area contributed by atoms with Crippen molar-refractivity contribution < 1.29 is 0 Å². The second-order valence-corrected chi connectivity index (χ2v) is 4.72. The minimum absolute atomic E-state index is 0.557. The lowest BCUT2D eigenvalue weighted by molar-refractivity contribution is 0.136. The molecule has 94 valence electrons. The molecule has 17 heavy (non-hydrogen) atoms. The zero-order valence-electron chi connectivity index (χ0n) is 10.5. The number of anilines is 2. The molecule has 1 fully saturated rings. The molecule has 0 radical (unpaired) electrons. The predicted octanol–water partition coefficient (Wildman–Crippen LogP) is 1.96. The highest BCUT2D eigenvalue weighted by atomic mass is 15.5. The van der Waals surface area contributed by atoms with Gasteiger partial charge in [0.1, 0.15) is 5.82 Å². The number of nitrogen functional groups attached to an aromatic ring is 1. The molecule has 2 unspecified atom stereocenters. The van der Waals surface area contributed by atoms with E-state index in [0.717, 1.165) is 5.69 Å². The zero-order valence-corrected chi connectivity index (χ0v) is 10.5. The van der Waals surface area contributed by atoms with Crippen LogP contribution in [0.5, 0.6) is 0 Å². The van der Waals surface area contributed by atoms with Gasteiger partial charge in [0.25, 0.3) is 0 Å². The Hall–Kier alpha value is -1.33. The first-order chi connectivity index (χ1) is 8.20. The van der Waals surface area contributed by atoms with E-state index in [1.54, 1.807) is 6.20 Å². The first kappa shape index (κ1) is 12.1. The molecule has 1 saturated heterocycles. The van der Waals surface area contributed by atoms with Gasteiger partial charge in [0, 0.05) is 24.3 Å². The molecule has 2 atom stereocenters. The van der Waals surface area contributed by atoms with Crippen LogP contribution in [0.1, 0.15) is 33.1 Å².